The van der Waals surface area contributed by atoms with Crippen molar-refractivity contribution in [3.63, 3.8) is 0 Å². The van der Waals surface area contributed by atoms with Crippen molar-refractivity contribution in [1.82, 2.24) is 10.2 Å². The minimum atomic E-state index is -0.144. The lowest BCUT2D eigenvalue weighted by Gasteiger charge is -2.06. The first kappa shape index (κ1) is 19.8. The van der Waals surface area contributed by atoms with Gasteiger partial charge < -0.3 is 5.32 Å². The first-order valence-electron chi connectivity index (χ1n) is 8.85. The van der Waals surface area contributed by atoms with Crippen LogP contribution >= 0.6 is 39.0 Å². The largest absolute Gasteiger partial charge is 0.322 e. The molecule has 0 fully saturated rings. The van der Waals surface area contributed by atoms with E-state index >= 15 is 0 Å². The van der Waals surface area contributed by atoms with Crippen molar-refractivity contribution in [2.45, 2.75) is 10.1 Å². The van der Waals surface area contributed by atoms with Crippen LogP contribution in [0, 0.1) is 0 Å². The van der Waals surface area contributed by atoms with Crippen molar-refractivity contribution in [3.05, 3.63) is 94.5 Å². The number of carbonyl (C=O) groups excluding carboxylic acids is 1. The van der Waals surface area contributed by atoms with E-state index in [1.807, 2.05) is 54.6 Å². The summed E-state index contributed by atoms with van der Waals surface area (Å²) in [5.41, 5.74) is 3.59. The summed E-state index contributed by atoms with van der Waals surface area (Å²) in [4.78, 5) is 12.4. The highest BCUT2D eigenvalue weighted by molar-refractivity contribution is 9.10. The fourth-order valence-corrected chi connectivity index (χ4v) is 4.85. The van der Waals surface area contributed by atoms with Crippen molar-refractivity contribution >= 4 is 50.6 Å². The lowest BCUT2D eigenvalue weighted by molar-refractivity contribution is 0.102. The number of hydrogen-bond donors (Lipinski definition) is 1. The van der Waals surface area contributed by atoms with Gasteiger partial charge in [-0.15, -0.1) is 10.2 Å². The van der Waals surface area contributed by atoms with E-state index in [1.165, 1.54) is 5.56 Å². The van der Waals surface area contributed by atoms with E-state index in [2.05, 4.69) is 43.6 Å². The Hall–Kier alpha value is -2.48. The number of aromatic nitrogens is 2. The van der Waals surface area contributed by atoms with E-state index in [9.17, 15) is 4.79 Å². The van der Waals surface area contributed by atoms with Crippen LogP contribution < -0.4 is 5.32 Å². The van der Waals surface area contributed by atoms with E-state index in [0.29, 0.717) is 5.56 Å². The zero-order valence-corrected chi connectivity index (χ0v) is 18.4. The Morgan fingerprint density at radius 1 is 0.966 bits per heavy atom. The molecule has 7 heteroatoms. The number of amides is 1. The van der Waals surface area contributed by atoms with Crippen molar-refractivity contribution in [2.24, 2.45) is 0 Å². The number of nitrogens with zero attached hydrogens (tertiary/aromatic N) is 2. The fraction of sp³-hybridized carbons (Fsp3) is 0.0455. The number of carbonyl (C=O) groups is 1. The maximum absolute atomic E-state index is 12.4. The summed E-state index contributed by atoms with van der Waals surface area (Å²) in [6, 6.07) is 25.3. The molecule has 4 aromatic rings. The third-order valence-corrected chi connectivity index (χ3v) is 6.76. The van der Waals surface area contributed by atoms with Gasteiger partial charge in [0.1, 0.15) is 5.01 Å². The van der Waals surface area contributed by atoms with Gasteiger partial charge in [0.15, 0.2) is 4.34 Å². The van der Waals surface area contributed by atoms with Gasteiger partial charge in [0.25, 0.3) is 5.91 Å². The Morgan fingerprint density at radius 3 is 2.52 bits per heavy atom. The average Bonchev–Trinajstić information content (AvgIpc) is 3.23. The fourth-order valence-electron chi connectivity index (χ4n) is 2.63. The molecule has 0 unspecified atom stereocenters. The summed E-state index contributed by atoms with van der Waals surface area (Å²) in [6.45, 7) is 0. The molecule has 4 nitrogen and oxygen atoms in total. The number of halogens is 1. The minimum absolute atomic E-state index is 0.144. The predicted octanol–water partition coefficient (Wildman–Crippen LogP) is 6.51. The second-order valence-electron chi connectivity index (χ2n) is 6.19. The van der Waals surface area contributed by atoms with E-state index in [0.717, 1.165) is 30.8 Å². The Morgan fingerprint density at radius 2 is 1.76 bits per heavy atom. The van der Waals surface area contributed by atoms with Gasteiger partial charge in [-0.3, -0.25) is 4.79 Å². The van der Waals surface area contributed by atoms with Crippen LogP contribution in [0.5, 0.6) is 0 Å². The first-order valence-corrected chi connectivity index (χ1v) is 11.4. The lowest BCUT2D eigenvalue weighted by Crippen LogP contribution is -2.11. The number of rotatable bonds is 6. The predicted molar refractivity (Wildman–Crippen MR) is 123 cm³/mol. The van der Waals surface area contributed by atoms with Crippen LogP contribution in [0.2, 0.25) is 0 Å². The number of hydrogen-bond acceptors (Lipinski definition) is 5. The Bertz CT molecular complexity index is 1110. The molecule has 0 saturated carbocycles. The molecule has 0 spiro atoms. The number of anilines is 1. The highest BCUT2D eigenvalue weighted by atomic mass is 79.9. The van der Waals surface area contributed by atoms with Crippen LogP contribution in [-0.4, -0.2) is 16.1 Å². The van der Waals surface area contributed by atoms with E-state index in [-0.39, 0.29) is 5.91 Å². The first-order chi connectivity index (χ1) is 14.2. The second-order valence-corrected chi connectivity index (χ2v) is 9.30. The molecular formula is C22H16BrN3OS2. The van der Waals surface area contributed by atoms with Crippen LogP contribution in [0.4, 0.5) is 5.69 Å². The van der Waals surface area contributed by atoms with Gasteiger partial charge in [0.2, 0.25) is 0 Å². The Balaban J connectivity index is 1.39. The molecule has 0 atom stereocenters. The maximum Gasteiger partial charge on any atom is 0.255 e. The summed E-state index contributed by atoms with van der Waals surface area (Å²) < 4.78 is 1.81. The van der Waals surface area contributed by atoms with Crippen LogP contribution in [0.1, 0.15) is 15.9 Å². The molecule has 29 heavy (non-hydrogen) atoms. The quantitative estimate of drug-likeness (QED) is 0.318. The number of nitrogens with one attached hydrogen (secondary N) is 1. The van der Waals surface area contributed by atoms with Crippen molar-refractivity contribution in [3.8, 4) is 10.6 Å². The molecule has 0 aliphatic carbocycles. The Kier molecular flexibility index (Phi) is 6.39. The normalized spacial score (nSPS) is 10.7. The van der Waals surface area contributed by atoms with Gasteiger partial charge in [-0.2, -0.15) is 0 Å². The molecule has 0 radical (unpaired) electrons. The highest BCUT2D eigenvalue weighted by Gasteiger charge is 2.09. The Labute approximate surface area is 185 Å². The van der Waals surface area contributed by atoms with Gasteiger partial charge in [-0.1, -0.05) is 75.4 Å². The van der Waals surface area contributed by atoms with Gasteiger partial charge >= 0.3 is 0 Å². The van der Waals surface area contributed by atoms with Crippen LogP contribution in [0.25, 0.3) is 10.6 Å². The zero-order chi connectivity index (χ0) is 20.1. The minimum Gasteiger partial charge on any atom is -0.322 e. The van der Waals surface area contributed by atoms with Gasteiger partial charge in [-0.25, -0.2) is 0 Å². The molecule has 0 bridgehead atoms. The molecule has 1 heterocycles. The zero-order valence-electron chi connectivity index (χ0n) is 15.2. The summed E-state index contributed by atoms with van der Waals surface area (Å²) in [6.07, 6.45) is 0. The SMILES string of the molecule is O=C(Nc1ccc(-c2nnc(SCc3ccccc3)s2)cc1)c1cccc(Br)c1. The van der Waals surface area contributed by atoms with Crippen molar-refractivity contribution in [2.75, 3.05) is 5.32 Å². The molecule has 1 amide bonds. The number of benzene rings is 3. The molecule has 0 aliphatic heterocycles. The monoisotopic (exact) mass is 481 g/mol. The van der Waals surface area contributed by atoms with Crippen LogP contribution in [-0.2, 0) is 5.75 Å². The van der Waals surface area contributed by atoms with Gasteiger partial charge in [0, 0.05) is 27.0 Å². The van der Waals surface area contributed by atoms with Crippen LogP contribution in [0.3, 0.4) is 0 Å². The van der Waals surface area contributed by atoms with E-state index in [1.54, 1.807) is 35.2 Å². The summed E-state index contributed by atoms with van der Waals surface area (Å²) in [5, 5.41) is 12.4. The lowest BCUT2D eigenvalue weighted by atomic mass is 10.2. The summed E-state index contributed by atoms with van der Waals surface area (Å²) >= 11 is 6.64. The van der Waals surface area contributed by atoms with Gasteiger partial charge in [-0.05, 0) is 48.0 Å². The molecule has 144 valence electrons. The van der Waals surface area contributed by atoms with Gasteiger partial charge in [0.05, 0.1) is 0 Å². The maximum atomic E-state index is 12.4. The standard InChI is InChI=1S/C22H16BrN3OS2/c23-18-8-4-7-17(13-18)20(27)24-19-11-9-16(10-12-19)21-25-26-22(29-21)28-14-15-5-2-1-3-6-15/h1-13H,14H2,(H,24,27). The third-order valence-electron chi connectivity index (χ3n) is 4.09. The molecule has 3 aromatic carbocycles. The molecule has 1 aromatic heterocycles. The average molecular weight is 482 g/mol. The highest BCUT2D eigenvalue weighted by Crippen LogP contribution is 2.31. The van der Waals surface area contributed by atoms with E-state index in [4.69, 9.17) is 0 Å². The molecule has 1 N–H and O–H groups in total. The van der Waals surface area contributed by atoms with Crippen molar-refractivity contribution in [1.29, 1.82) is 0 Å². The third kappa shape index (κ3) is 5.32. The summed E-state index contributed by atoms with van der Waals surface area (Å²) in [7, 11) is 0. The molecule has 0 saturated heterocycles. The number of thioether (sulfide) groups is 1. The van der Waals surface area contributed by atoms with Crippen LogP contribution in [0.15, 0.2) is 87.7 Å². The van der Waals surface area contributed by atoms with Crippen molar-refractivity contribution < 1.29 is 4.79 Å². The molecular weight excluding hydrogens is 466 g/mol. The topological polar surface area (TPSA) is 54.9 Å². The molecule has 0 aliphatic rings. The van der Waals surface area contributed by atoms with E-state index < -0.39 is 0 Å². The smallest absolute Gasteiger partial charge is 0.255 e. The molecule has 4 rings (SSSR count). The summed E-state index contributed by atoms with van der Waals surface area (Å²) in [5.74, 6) is 0.727. The second kappa shape index (κ2) is 9.35.